The summed E-state index contributed by atoms with van der Waals surface area (Å²) < 4.78 is 1.90. The first-order valence-corrected chi connectivity index (χ1v) is 9.36. The van der Waals surface area contributed by atoms with Crippen molar-refractivity contribution in [1.82, 2.24) is 9.78 Å². The molecule has 1 aromatic heterocycles. The Labute approximate surface area is 164 Å². The highest BCUT2D eigenvalue weighted by Crippen LogP contribution is 2.26. The van der Waals surface area contributed by atoms with Gasteiger partial charge in [0.1, 0.15) is 5.75 Å². The Bertz CT molecular complexity index is 1090. The van der Waals surface area contributed by atoms with Crippen molar-refractivity contribution < 1.29 is 5.11 Å². The maximum atomic E-state index is 10.0. The molecular weight excluding hydrogens is 346 g/mol. The number of nitrogens with two attached hydrogens (primary N) is 1. The van der Waals surface area contributed by atoms with E-state index in [1.807, 2.05) is 65.5 Å². The number of phenols is 1. The van der Waals surface area contributed by atoms with Gasteiger partial charge in [-0.05, 0) is 48.2 Å². The van der Waals surface area contributed by atoms with Crippen LogP contribution in [0, 0.1) is 6.92 Å². The number of nitrogens with zero attached hydrogens (tertiary/aromatic N) is 2. The van der Waals surface area contributed by atoms with Crippen molar-refractivity contribution in [2.24, 2.45) is 5.73 Å². The first kappa shape index (κ1) is 18.0. The molecule has 140 valence electrons. The Kier molecular flexibility index (Phi) is 4.96. The molecule has 0 amide bonds. The Morgan fingerprint density at radius 3 is 2.50 bits per heavy atom. The second-order valence-electron chi connectivity index (χ2n) is 7.01. The molecule has 4 rings (SSSR count). The Morgan fingerprint density at radius 2 is 1.71 bits per heavy atom. The van der Waals surface area contributed by atoms with E-state index < -0.39 is 0 Å². The van der Waals surface area contributed by atoms with Gasteiger partial charge in [0.05, 0.1) is 11.4 Å². The first-order valence-electron chi connectivity index (χ1n) is 9.36. The fourth-order valence-electron chi connectivity index (χ4n) is 3.41. The minimum absolute atomic E-state index is 0.210. The molecule has 0 aliphatic carbocycles. The molecule has 4 heteroatoms. The lowest BCUT2D eigenvalue weighted by atomic mass is 9.99. The SMILES string of the molecule is Cc1cn(-c2cccc(C(N)Cc3ccccc3O)c2)nc1-c1ccccc1. The van der Waals surface area contributed by atoms with Gasteiger partial charge in [-0.2, -0.15) is 5.10 Å². The standard InChI is InChI=1S/C24H23N3O/c1-17-16-27(26-24(17)18-8-3-2-4-9-18)21-12-7-11-19(14-21)22(25)15-20-10-5-6-13-23(20)28/h2-14,16,22,28H,15,25H2,1H3. The third-order valence-electron chi connectivity index (χ3n) is 4.94. The number of phenolic OH excluding ortho intramolecular Hbond substituents is 1. The largest absolute Gasteiger partial charge is 0.508 e. The molecule has 1 unspecified atom stereocenters. The van der Waals surface area contributed by atoms with Gasteiger partial charge in [0.15, 0.2) is 0 Å². The fraction of sp³-hybridized carbons (Fsp3) is 0.125. The molecule has 0 fully saturated rings. The number of aromatic hydroxyl groups is 1. The lowest BCUT2D eigenvalue weighted by Crippen LogP contribution is -2.14. The normalized spacial score (nSPS) is 12.1. The van der Waals surface area contributed by atoms with Crippen molar-refractivity contribution >= 4 is 0 Å². The van der Waals surface area contributed by atoms with Crippen LogP contribution in [0.3, 0.4) is 0 Å². The topological polar surface area (TPSA) is 64.1 Å². The van der Waals surface area contributed by atoms with E-state index in [4.69, 9.17) is 10.8 Å². The van der Waals surface area contributed by atoms with Gasteiger partial charge in [-0.1, -0.05) is 60.7 Å². The molecule has 1 heterocycles. The van der Waals surface area contributed by atoms with E-state index >= 15 is 0 Å². The molecular formula is C24H23N3O. The molecule has 28 heavy (non-hydrogen) atoms. The zero-order chi connectivity index (χ0) is 19.5. The van der Waals surface area contributed by atoms with Crippen LogP contribution in [0.5, 0.6) is 5.75 Å². The van der Waals surface area contributed by atoms with Gasteiger partial charge < -0.3 is 10.8 Å². The van der Waals surface area contributed by atoms with Crippen molar-refractivity contribution in [3.8, 4) is 22.7 Å². The Balaban J connectivity index is 1.62. The molecule has 0 aliphatic heterocycles. The van der Waals surface area contributed by atoms with E-state index in [2.05, 4.69) is 25.1 Å². The second kappa shape index (κ2) is 7.71. The molecule has 0 aliphatic rings. The lowest BCUT2D eigenvalue weighted by molar-refractivity contribution is 0.465. The molecule has 1 atom stereocenters. The van der Waals surface area contributed by atoms with Crippen LogP contribution in [0.2, 0.25) is 0 Å². The van der Waals surface area contributed by atoms with Crippen molar-refractivity contribution in [3.05, 3.63) is 102 Å². The lowest BCUT2D eigenvalue weighted by Gasteiger charge is -2.14. The third kappa shape index (κ3) is 3.68. The number of para-hydroxylation sites is 1. The number of aryl methyl sites for hydroxylation is 1. The molecule has 0 radical (unpaired) electrons. The summed E-state index contributed by atoms with van der Waals surface area (Å²) in [6.45, 7) is 2.07. The minimum Gasteiger partial charge on any atom is -0.508 e. The molecule has 3 aromatic carbocycles. The van der Waals surface area contributed by atoms with Gasteiger partial charge in [0.25, 0.3) is 0 Å². The van der Waals surface area contributed by atoms with Gasteiger partial charge in [0.2, 0.25) is 0 Å². The van der Waals surface area contributed by atoms with Gasteiger partial charge in [-0.3, -0.25) is 0 Å². The summed E-state index contributed by atoms with van der Waals surface area (Å²) in [6.07, 6.45) is 2.61. The van der Waals surface area contributed by atoms with Crippen LogP contribution in [0.1, 0.15) is 22.7 Å². The molecule has 0 saturated heterocycles. The predicted octanol–water partition coefficient (Wildman–Crippen LogP) is 4.80. The van der Waals surface area contributed by atoms with Crippen LogP contribution in [-0.2, 0) is 6.42 Å². The van der Waals surface area contributed by atoms with Crippen LogP contribution in [-0.4, -0.2) is 14.9 Å². The maximum absolute atomic E-state index is 10.0. The van der Waals surface area contributed by atoms with E-state index in [1.54, 1.807) is 6.07 Å². The summed E-state index contributed by atoms with van der Waals surface area (Å²) in [5.74, 6) is 0.282. The molecule has 4 nitrogen and oxygen atoms in total. The maximum Gasteiger partial charge on any atom is 0.118 e. The second-order valence-corrected chi connectivity index (χ2v) is 7.01. The van der Waals surface area contributed by atoms with E-state index in [9.17, 15) is 5.11 Å². The van der Waals surface area contributed by atoms with Crippen LogP contribution < -0.4 is 5.73 Å². The zero-order valence-corrected chi connectivity index (χ0v) is 15.8. The van der Waals surface area contributed by atoms with Crippen LogP contribution in [0.25, 0.3) is 16.9 Å². The smallest absolute Gasteiger partial charge is 0.118 e. The Morgan fingerprint density at radius 1 is 0.964 bits per heavy atom. The van der Waals surface area contributed by atoms with Crippen molar-refractivity contribution in [3.63, 3.8) is 0 Å². The highest BCUT2D eigenvalue weighted by molar-refractivity contribution is 5.62. The van der Waals surface area contributed by atoms with Crippen LogP contribution >= 0.6 is 0 Å². The third-order valence-corrected chi connectivity index (χ3v) is 4.94. The summed E-state index contributed by atoms with van der Waals surface area (Å²) in [7, 11) is 0. The number of aromatic nitrogens is 2. The highest BCUT2D eigenvalue weighted by atomic mass is 16.3. The summed E-state index contributed by atoms with van der Waals surface area (Å²) in [5.41, 5.74) is 12.5. The average molecular weight is 369 g/mol. The monoisotopic (exact) mass is 369 g/mol. The molecule has 0 spiro atoms. The van der Waals surface area contributed by atoms with E-state index in [0.717, 1.165) is 33.6 Å². The number of rotatable bonds is 5. The Hall–Kier alpha value is -3.37. The minimum atomic E-state index is -0.210. The van der Waals surface area contributed by atoms with Crippen LogP contribution in [0.15, 0.2) is 85.1 Å². The quantitative estimate of drug-likeness (QED) is 0.531. The van der Waals surface area contributed by atoms with Gasteiger partial charge in [-0.25, -0.2) is 4.68 Å². The molecule has 0 bridgehead atoms. The van der Waals surface area contributed by atoms with Gasteiger partial charge >= 0.3 is 0 Å². The van der Waals surface area contributed by atoms with Gasteiger partial charge in [0, 0.05) is 17.8 Å². The highest BCUT2D eigenvalue weighted by Gasteiger charge is 2.13. The van der Waals surface area contributed by atoms with Crippen molar-refractivity contribution in [2.45, 2.75) is 19.4 Å². The van der Waals surface area contributed by atoms with Crippen molar-refractivity contribution in [1.29, 1.82) is 0 Å². The molecule has 4 aromatic rings. The molecule has 0 saturated carbocycles. The first-order chi connectivity index (χ1) is 13.6. The number of hydrogen-bond acceptors (Lipinski definition) is 3. The van der Waals surface area contributed by atoms with E-state index in [0.29, 0.717) is 6.42 Å². The number of hydrogen-bond donors (Lipinski definition) is 2. The molecule has 3 N–H and O–H groups in total. The summed E-state index contributed by atoms with van der Waals surface area (Å²) in [5, 5.41) is 14.8. The summed E-state index contributed by atoms with van der Waals surface area (Å²) >= 11 is 0. The van der Waals surface area contributed by atoms with Gasteiger partial charge in [-0.15, -0.1) is 0 Å². The summed E-state index contributed by atoms with van der Waals surface area (Å²) in [6, 6.07) is 25.4. The summed E-state index contributed by atoms with van der Waals surface area (Å²) in [4.78, 5) is 0. The van der Waals surface area contributed by atoms with E-state index in [-0.39, 0.29) is 11.8 Å². The fourth-order valence-corrected chi connectivity index (χ4v) is 3.41. The number of benzene rings is 3. The zero-order valence-electron chi connectivity index (χ0n) is 15.8. The average Bonchev–Trinajstić information content (AvgIpc) is 3.12. The van der Waals surface area contributed by atoms with Crippen LogP contribution in [0.4, 0.5) is 0 Å². The van der Waals surface area contributed by atoms with E-state index in [1.165, 1.54) is 0 Å². The van der Waals surface area contributed by atoms with Crippen molar-refractivity contribution in [2.75, 3.05) is 0 Å². The predicted molar refractivity (Wildman–Crippen MR) is 112 cm³/mol.